The van der Waals surface area contributed by atoms with E-state index in [-0.39, 0.29) is 5.56 Å². The molecule has 1 aliphatic rings. The number of H-pyrrole nitrogens is 1. The highest BCUT2D eigenvalue weighted by Gasteiger charge is 2.22. The Morgan fingerprint density at radius 2 is 2.15 bits per heavy atom. The number of benzene rings is 1. The number of fused-ring (bicyclic) bond motifs is 2. The Morgan fingerprint density at radius 1 is 1.19 bits per heavy atom. The fourth-order valence-electron chi connectivity index (χ4n) is 3.73. The Labute approximate surface area is 160 Å². The number of aromatic nitrogens is 3. The number of hydrogen-bond donors (Lipinski definition) is 1. The lowest BCUT2D eigenvalue weighted by Crippen LogP contribution is -2.35. The normalized spacial score (nSPS) is 14.4. The topological polar surface area (TPSA) is 61.9 Å². The predicted molar refractivity (Wildman–Crippen MR) is 108 cm³/mol. The van der Waals surface area contributed by atoms with Gasteiger partial charge in [-0.15, -0.1) is 11.3 Å². The van der Waals surface area contributed by atoms with Crippen molar-refractivity contribution < 1.29 is 0 Å². The monoisotopic (exact) mass is 374 g/mol. The number of nitrogens with zero attached hydrogens (tertiary/aromatic N) is 3. The van der Waals surface area contributed by atoms with Crippen LogP contribution in [0, 0.1) is 0 Å². The first-order chi connectivity index (χ1) is 13.3. The van der Waals surface area contributed by atoms with Crippen molar-refractivity contribution in [3.8, 4) is 10.7 Å². The largest absolute Gasteiger partial charge is 0.306 e. The molecular formula is C21H18N4OS. The maximum absolute atomic E-state index is 12.5. The van der Waals surface area contributed by atoms with Crippen molar-refractivity contribution >= 4 is 22.1 Å². The number of pyridine rings is 1. The van der Waals surface area contributed by atoms with E-state index in [9.17, 15) is 4.79 Å². The van der Waals surface area contributed by atoms with Crippen LogP contribution < -0.4 is 5.56 Å². The third kappa shape index (κ3) is 3.07. The first kappa shape index (κ1) is 16.4. The average Bonchev–Trinajstić information content (AvgIpc) is 3.23. The third-order valence-electron chi connectivity index (χ3n) is 5.07. The lowest BCUT2D eigenvalue weighted by atomic mass is 10.0. The summed E-state index contributed by atoms with van der Waals surface area (Å²) in [4.78, 5) is 27.8. The average molecular weight is 374 g/mol. The van der Waals surface area contributed by atoms with Crippen LogP contribution in [0.4, 0.5) is 0 Å². The van der Waals surface area contributed by atoms with E-state index in [4.69, 9.17) is 4.98 Å². The lowest BCUT2D eigenvalue weighted by Gasteiger charge is -2.28. The molecular weight excluding hydrogens is 356 g/mol. The molecule has 1 N–H and O–H groups in total. The Kier molecular flexibility index (Phi) is 4.07. The van der Waals surface area contributed by atoms with E-state index in [0.717, 1.165) is 41.0 Å². The van der Waals surface area contributed by atoms with Crippen LogP contribution in [-0.2, 0) is 19.5 Å². The molecule has 4 heterocycles. The van der Waals surface area contributed by atoms with E-state index >= 15 is 0 Å². The minimum absolute atomic E-state index is 0.000662. The van der Waals surface area contributed by atoms with E-state index in [0.29, 0.717) is 12.4 Å². The Bertz CT molecular complexity index is 1160. The Morgan fingerprint density at radius 3 is 3.04 bits per heavy atom. The summed E-state index contributed by atoms with van der Waals surface area (Å²) in [6.45, 7) is 2.39. The molecule has 0 unspecified atom stereocenters. The molecule has 134 valence electrons. The minimum Gasteiger partial charge on any atom is -0.306 e. The third-order valence-corrected chi connectivity index (χ3v) is 5.95. The van der Waals surface area contributed by atoms with Crippen molar-refractivity contribution in [2.75, 3.05) is 6.54 Å². The molecule has 0 aliphatic carbocycles. The van der Waals surface area contributed by atoms with Crippen molar-refractivity contribution in [2.24, 2.45) is 0 Å². The van der Waals surface area contributed by atoms with Gasteiger partial charge in [-0.1, -0.05) is 24.3 Å². The molecule has 5 rings (SSSR count). The number of hydrogen-bond acceptors (Lipinski definition) is 5. The molecule has 0 fully saturated rings. The Balaban J connectivity index is 1.46. The zero-order valence-corrected chi connectivity index (χ0v) is 15.5. The summed E-state index contributed by atoms with van der Waals surface area (Å²) >= 11 is 1.59. The van der Waals surface area contributed by atoms with Crippen molar-refractivity contribution in [3.63, 3.8) is 0 Å². The fourth-order valence-corrected chi connectivity index (χ4v) is 4.40. The number of aromatic amines is 1. The fraction of sp³-hybridized carbons (Fsp3) is 0.190. The first-order valence-corrected chi connectivity index (χ1v) is 9.86. The van der Waals surface area contributed by atoms with Gasteiger partial charge in [-0.25, -0.2) is 4.98 Å². The highest BCUT2D eigenvalue weighted by Crippen LogP contribution is 2.24. The number of rotatable bonds is 3. The lowest BCUT2D eigenvalue weighted by molar-refractivity contribution is 0.241. The molecule has 4 aromatic rings. The molecule has 0 bridgehead atoms. The van der Waals surface area contributed by atoms with Crippen molar-refractivity contribution in [1.82, 2.24) is 19.9 Å². The second-order valence-electron chi connectivity index (χ2n) is 6.79. The zero-order valence-electron chi connectivity index (χ0n) is 14.7. The van der Waals surface area contributed by atoms with Crippen molar-refractivity contribution in [1.29, 1.82) is 0 Å². The van der Waals surface area contributed by atoms with Gasteiger partial charge in [0.15, 0.2) is 5.82 Å². The smallest absolute Gasteiger partial charge is 0.254 e. The Hall–Kier alpha value is -2.83. The van der Waals surface area contributed by atoms with Gasteiger partial charge in [-0.3, -0.25) is 14.7 Å². The minimum atomic E-state index is -0.000662. The second-order valence-corrected chi connectivity index (χ2v) is 7.74. The maximum atomic E-state index is 12.5. The highest BCUT2D eigenvalue weighted by molar-refractivity contribution is 7.13. The van der Waals surface area contributed by atoms with E-state index in [1.165, 1.54) is 10.9 Å². The van der Waals surface area contributed by atoms with Gasteiger partial charge in [-0.05, 0) is 34.9 Å². The SMILES string of the molecule is O=c1[nH]c(-c2cccs2)nc2c1CCN(Cc1cccc3cnccc13)C2. The van der Waals surface area contributed by atoms with E-state index in [1.54, 1.807) is 11.3 Å². The van der Waals surface area contributed by atoms with Gasteiger partial charge in [-0.2, -0.15) is 0 Å². The second kappa shape index (κ2) is 6.72. The van der Waals surface area contributed by atoms with Gasteiger partial charge in [0.05, 0.1) is 10.6 Å². The molecule has 6 heteroatoms. The zero-order chi connectivity index (χ0) is 18.2. The molecule has 0 spiro atoms. The number of nitrogens with one attached hydrogen (secondary N) is 1. The summed E-state index contributed by atoms with van der Waals surface area (Å²) in [6.07, 6.45) is 4.47. The van der Waals surface area contributed by atoms with Gasteiger partial charge in [0.1, 0.15) is 0 Å². The molecule has 1 aromatic carbocycles. The number of thiophene rings is 1. The summed E-state index contributed by atoms with van der Waals surface area (Å²) in [5, 5.41) is 4.38. The highest BCUT2D eigenvalue weighted by atomic mass is 32.1. The first-order valence-electron chi connectivity index (χ1n) is 8.98. The standard InChI is InChI=1S/C21H18N4OS/c26-21-17-7-9-25(12-15-4-1-3-14-11-22-8-6-16(14)15)13-18(17)23-20(24-21)19-5-2-10-27-19/h1-6,8,10-11H,7,9,12-13H2,(H,23,24,26). The molecule has 3 aromatic heterocycles. The molecule has 0 amide bonds. The van der Waals surface area contributed by atoms with Crippen LogP contribution in [0.15, 0.2) is 59.0 Å². The molecule has 0 atom stereocenters. The molecule has 0 saturated carbocycles. The van der Waals surface area contributed by atoms with E-state index < -0.39 is 0 Å². The van der Waals surface area contributed by atoms with Crippen LogP contribution in [-0.4, -0.2) is 26.4 Å². The van der Waals surface area contributed by atoms with Crippen LogP contribution in [0.5, 0.6) is 0 Å². The molecule has 27 heavy (non-hydrogen) atoms. The molecule has 0 saturated heterocycles. The summed E-state index contributed by atoms with van der Waals surface area (Å²) < 4.78 is 0. The van der Waals surface area contributed by atoms with Gasteiger partial charge in [0.2, 0.25) is 0 Å². The molecule has 5 nitrogen and oxygen atoms in total. The van der Waals surface area contributed by atoms with Crippen LogP contribution in [0.3, 0.4) is 0 Å². The van der Waals surface area contributed by atoms with Gasteiger partial charge in [0.25, 0.3) is 5.56 Å². The van der Waals surface area contributed by atoms with Gasteiger partial charge in [0, 0.05) is 43.0 Å². The summed E-state index contributed by atoms with van der Waals surface area (Å²) in [5.41, 5.74) is 3.00. The van der Waals surface area contributed by atoms with Crippen molar-refractivity contribution in [2.45, 2.75) is 19.5 Å². The van der Waals surface area contributed by atoms with E-state index in [2.05, 4.69) is 39.1 Å². The summed E-state index contributed by atoms with van der Waals surface area (Å²) in [5.74, 6) is 0.673. The van der Waals surface area contributed by atoms with Crippen LogP contribution in [0.25, 0.3) is 21.5 Å². The maximum Gasteiger partial charge on any atom is 0.254 e. The summed E-state index contributed by atoms with van der Waals surface area (Å²) in [7, 11) is 0. The van der Waals surface area contributed by atoms with Gasteiger partial charge >= 0.3 is 0 Å². The van der Waals surface area contributed by atoms with Crippen LogP contribution in [0.2, 0.25) is 0 Å². The van der Waals surface area contributed by atoms with E-state index in [1.807, 2.05) is 29.9 Å². The van der Waals surface area contributed by atoms with Crippen molar-refractivity contribution in [3.05, 3.63) is 81.3 Å². The van der Waals surface area contributed by atoms with Crippen LogP contribution in [0.1, 0.15) is 16.8 Å². The predicted octanol–water partition coefficient (Wildman–Crippen LogP) is 3.60. The van der Waals surface area contributed by atoms with Gasteiger partial charge < -0.3 is 4.98 Å². The van der Waals surface area contributed by atoms with Crippen LogP contribution >= 0.6 is 11.3 Å². The molecule has 0 radical (unpaired) electrons. The molecule has 1 aliphatic heterocycles. The summed E-state index contributed by atoms with van der Waals surface area (Å²) in [6, 6.07) is 12.4. The quantitative estimate of drug-likeness (QED) is 0.595.